The van der Waals surface area contributed by atoms with Crippen LogP contribution in [0.2, 0.25) is 5.02 Å². The third-order valence-electron chi connectivity index (χ3n) is 3.52. The fourth-order valence-corrected chi connectivity index (χ4v) is 5.05. The van der Waals surface area contributed by atoms with E-state index in [1.54, 1.807) is 29.3 Å². The first-order valence-corrected chi connectivity index (χ1v) is 9.13. The van der Waals surface area contributed by atoms with E-state index in [0.29, 0.717) is 23.9 Å². The molecule has 0 bridgehead atoms. The Morgan fingerprint density at radius 3 is 3.19 bits per heavy atom. The van der Waals surface area contributed by atoms with Crippen molar-refractivity contribution in [2.24, 2.45) is 0 Å². The highest BCUT2D eigenvalue weighted by Crippen LogP contribution is 2.38. The molecule has 0 amide bonds. The quantitative estimate of drug-likeness (QED) is 0.905. The number of ether oxygens (including phenoxy) is 1. The third kappa shape index (κ3) is 3.14. The fourth-order valence-electron chi connectivity index (χ4n) is 2.44. The van der Waals surface area contributed by atoms with E-state index in [4.69, 9.17) is 16.3 Å². The number of hydrogen-bond donors (Lipinski definition) is 1. The van der Waals surface area contributed by atoms with Crippen molar-refractivity contribution in [2.75, 3.05) is 19.5 Å². The summed E-state index contributed by atoms with van der Waals surface area (Å²) in [5, 5.41) is 15.4. The van der Waals surface area contributed by atoms with E-state index in [1.165, 1.54) is 10.4 Å². The van der Waals surface area contributed by atoms with Crippen molar-refractivity contribution in [2.45, 2.75) is 24.8 Å². The van der Waals surface area contributed by atoms with E-state index in [2.05, 4.69) is 11.2 Å². The Morgan fingerprint density at radius 1 is 1.57 bits per heavy atom. The highest BCUT2D eigenvalue weighted by atomic mass is 35.5. The normalized spacial score (nSPS) is 16.0. The minimum Gasteiger partial charge on any atom is -0.383 e. The molecule has 4 nitrogen and oxygen atoms in total. The number of aryl methyl sites for hydroxylation is 1. The molecule has 1 unspecified atom stereocenters. The SMILES string of the molecule is COCCn1ncc(Cl)c1C(O)c1cc2c(s1)CCSC2. The van der Waals surface area contributed by atoms with Gasteiger partial charge < -0.3 is 9.84 Å². The summed E-state index contributed by atoms with van der Waals surface area (Å²) < 4.78 is 6.80. The minimum absolute atomic E-state index is 0.499. The van der Waals surface area contributed by atoms with Crippen molar-refractivity contribution in [3.63, 3.8) is 0 Å². The van der Waals surface area contributed by atoms with E-state index in [1.807, 2.05) is 11.8 Å². The molecule has 3 rings (SSSR count). The van der Waals surface area contributed by atoms with Gasteiger partial charge in [0.05, 0.1) is 30.1 Å². The van der Waals surface area contributed by atoms with Gasteiger partial charge in [-0.3, -0.25) is 4.68 Å². The largest absolute Gasteiger partial charge is 0.383 e. The first-order chi connectivity index (χ1) is 10.2. The van der Waals surface area contributed by atoms with Crippen LogP contribution in [0.1, 0.15) is 27.1 Å². The molecule has 1 N–H and O–H groups in total. The Labute approximate surface area is 137 Å². The molecule has 3 heterocycles. The van der Waals surface area contributed by atoms with E-state index >= 15 is 0 Å². The average Bonchev–Trinajstić information content (AvgIpc) is 3.08. The number of nitrogens with zero attached hydrogens (tertiary/aromatic N) is 2. The van der Waals surface area contributed by atoms with Crippen molar-refractivity contribution in [3.05, 3.63) is 38.3 Å². The maximum Gasteiger partial charge on any atom is 0.131 e. The van der Waals surface area contributed by atoms with E-state index in [0.717, 1.165) is 22.8 Å². The van der Waals surface area contributed by atoms with Gasteiger partial charge in [-0.05, 0) is 23.8 Å². The molecule has 0 aliphatic carbocycles. The van der Waals surface area contributed by atoms with Gasteiger partial charge in [-0.25, -0.2) is 0 Å². The van der Waals surface area contributed by atoms with E-state index in [-0.39, 0.29) is 0 Å². The summed E-state index contributed by atoms with van der Waals surface area (Å²) in [6, 6.07) is 2.11. The molecular weight excluding hydrogens is 328 g/mol. The van der Waals surface area contributed by atoms with Gasteiger partial charge in [0, 0.05) is 22.6 Å². The Morgan fingerprint density at radius 2 is 2.43 bits per heavy atom. The van der Waals surface area contributed by atoms with Gasteiger partial charge in [0.25, 0.3) is 0 Å². The Kier molecular flexibility index (Phi) is 4.91. The number of rotatable bonds is 5. The predicted octanol–water partition coefficient (Wildman–Crippen LogP) is 3.12. The van der Waals surface area contributed by atoms with Crippen LogP contribution in [-0.2, 0) is 23.5 Å². The van der Waals surface area contributed by atoms with Crippen molar-refractivity contribution in [3.8, 4) is 0 Å². The highest BCUT2D eigenvalue weighted by molar-refractivity contribution is 7.98. The van der Waals surface area contributed by atoms with Crippen LogP contribution in [-0.4, -0.2) is 34.4 Å². The zero-order chi connectivity index (χ0) is 14.8. The minimum atomic E-state index is -0.725. The Balaban J connectivity index is 1.89. The van der Waals surface area contributed by atoms with Crippen molar-refractivity contribution in [1.29, 1.82) is 0 Å². The molecule has 1 aliphatic heterocycles. The molecular formula is C14H17ClN2O2S2. The Bertz CT molecular complexity index is 603. The molecule has 0 spiro atoms. The molecule has 0 radical (unpaired) electrons. The predicted molar refractivity (Wildman–Crippen MR) is 87.4 cm³/mol. The number of methoxy groups -OCH3 is 1. The summed E-state index contributed by atoms with van der Waals surface area (Å²) in [5.41, 5.74) is 2.00. The first-order valence-electron chi connectivity index (χ1n) is 6.78. The summed E-state index contributed by atoms with van der Waals surface area (Å²) in [4.78, 5) is 2.34. The summed E-state index contributed by atoms with van der Waals surface area (Å²) in [5.74, 6) is 2.20. The zero-order valence-electron chi connectivity index (χ0n) is 11.7. The maximum absolute atomic E-state index is 10.7. The molecule has 1 atom stereocenters. The molecule has 2 aromatic rings. The van der Waals surface area contributed by atoms with E-state index in [9.17, 15) is 5.11 Å². The lowest BCUT2D eigenvalue weighted by Gasteiger charge is -2.12. The van der Waals surface area contributed by atoms with E-state index < -0.39 is 6.10 Å². The van der Waals surface area contributed by atoms with Gasteiger partial charge in [0.15, 0.2) is 0 Å². The third-order valence-corrected chi connectivity index (χ3v) is 6.10. The average molecular weight is 345 g/mol. The molecule has 7 heteroatoms. The second-order valence-electron chi connectivity index (χ2n) is 4.90. The molecule has 2 aromatic heterocycles. The maximum atomic E-state index is 10.7. The van der Waals surface area contributed by atoms with Gasteiger partial charge in [-0.15, -0.1) is 11.3 Å². The second kappa shape index (κ2) is 6.71. The van der Waals surface area contributed by atoms with Crippen LogP contribution < -0.4 is 0 Å². The molecule has 21 heavy (non-hydrogen) atoms. The summed E-state index contributed by atoms with van der Waals surface area (Å²) >= 11 is 9.84. The zero-order valence-corrected chi connectivity index (χ0v) is 14.1. The van der Waals surface area contributed by atoms with Crippen LogP contribution >= 0.6 is 34.7 Å². The van der Waals surface area contributed by atoms with Crippen LogP contribution in [0.15, 0.2) is 12.3 Å². The molecule has 0 saturated carbocycles. The van der Waals surface area contributed by atoms with Gasteiger partial charge >= 0.3 is 0 Å². The number of thiophene rings is 1. The number of halogens is 1. The van der Waals surface area contributed by atoms with Crippen molar-refractivity contribution in [1.82, 2.24) is 9.78 Å². The molecule has 0 fully saturated rings. The van der Waals surface area contributed by atoms with Crippen LogP contribution in [0.3, 0.4) is 0 Å². The lowest BCUT2D eigenvalue weighted by molar-refractivity contribution is 0.172. The second-order valence-corrected chi connectivity index (χ2v) is 7.58. The number of thioether (sulfide) groups is 1. The van der Waals surface area contributed by atoms with Gasteiger partial charge in [0.2, 0.25) is 0 Å². The topological polar surface area (TPSA) is 47.3 Å². The summed E-state index contributed by atoms with van der Waals surface area (Å²) in [6.07, 6.45) is 1.95. The summed E-state index contributed by atoms with van der Waals surface area (Å²) in [6.45, 7) is 1.12. The molecule has 0 saturated heterocycles. The molecule has 0 aromatic carbocycles. The molecule has 114 valence electrons. The smallest absolute Gasteiger partial charge is 0.131 e. The highest BCUT2D eigenvalue weighted by Gasteiger charge is 2.24. The molecule has 1 aliphatic rings. The van der Waals surface area contributed by atoms with Gasteiger partial charge in [-0.1, -0.05) is 11.6 Å². The number of fused-ring (bicyclic) bond motifs is 1. The van der Waals surface area contributed by atoms with Crippen LogP contribution in [0, 0.1) is 0 Å². The lowest BCUT2D eigenvalue weighted by atomic mass is 10.1. The van der Waals surface area contributed by atoms with Crippen molar-refractivity contribution < 1.29 is 9.84 Å². The lowest BCUT2D eigenvalue weighted by Crippen LogP contribution is -2.13. The number of aromatic nitrogens is 2. The van der Waals surface area contributed by atoms with Crippen LogP contribution in [0.4, 0.5) is 0 Å². The monoisotopic (exact) mass is 344 g/mol. The van der Waals surface area contributed by atoms with Crippen LogP contribution in [0.5, 0.6) is 0 Å². The van der Waals surface area contributed by atoms with Crippen LogP contribution in [0.25, 0.3) is 0 Å². The first kappa shape index (κ1) is 15.4. The van der Waals surface area contributed by atoms with Crippen molar-refractivity contribution >= 4 is 34.7 Å². The Hall–Kier alpha value is -0.530. The van der Waals surface area contributed by atoms with Gasteiger partial charge in [-0.2, -0.15) is 16.9 Å². The fraction of sp³-hybridized carbons (Fsp3) is 0.500. The standard InChI is InChI=1S/C14H17ClN2O2S2/c1-19-4-3-17-13(10(15)7-16-17)14(18)12-6-9-8-20-5-2-11(9)21-12/h6-7,14,18H,2-5,8H2,1H3. The summed E-state index contributed by atoms with van der Waals surface area (Å²) in [7, 11) is 1.65. The number of aliphatic hydroxyl groups excluding tert-OH is 1. The number of hydrogen-bond acceptors (Lipinski definition) is 5. The number of aliphatic hydroxyl groups is 1. The van der Waals surface area contributed by atoms with Gasteiger partial charge in [0.1, 0.15) is 6.10 Å².